The minimum atomic E-state index is -4.47. The first-order valence-corrected chi connectivity index (χ1v) is 10.0. The summed E-state index contributed by atoms with van der Waals surface area (Å²) in [5, 5.41) is 0. The molecule has 3 rings (SSSR count). The number of nitrogens with zero attached hydrogens (tertiary/aromatic N) is 3. The van der Waals surface area contributed by atoms with Crippen LogP contribution in [-0.2, 0) is 22.7 Å². The van der Waals surface area contributed by atoms with Crippen LogP contribution >= 0.6 is 0 Å². The van der Waals surface area contributed by atoms with Gasteiger partial charge < -0.3 is 4.57 Å². The van der Waals surface area contributed by atoms with Crippen molar-refractivity contribution in [1.29, 1.82) is 0 Å². The number of pyridine rings is 1. The number of alkyl halides is 3. The Morgan fingerprint density at radius 3 is 2.50 bits per heavy atom. The largest absolute Gasteiger partial charge is 0.416 e. The Balaban J connectivity index is 1.99. The van der Waals surface area contributed by atoms with E-state index in [1.165, 1.54) is 18.3 Å². The normalized spacial score (nSPS) is 13.8. The monoisotopic (exact) mass is 412 g/mol. The predicted octanol–water partition coefficient (Wildman–Crippen LogP) is 3.82. The Morgan fingerprint density at radius 1 is 1.21 bits per heavy atom. The lowest BCUT2D eigenvalue weighted by Crippen LogP contribution is -2.29. The molecule has 1 N–H and O–H groups in total. The number of fused-ring (bicyclic) bond motifs is 1. The number of aryl methyl sites for hydroxylation is 2. The fraction of sp³-hybridized carbons (Fsp3) is 0.333. The highest BCUT2D eigenvalue weighted by Gasteiger charge is 2.31. The Morgan fingerprint density at radius 2 is 1.93 bits per heavy atom. The lowest BCUT2D eigenvalue weighted by atomic mass is 10.2. The number of rotatable bonds is 5. The van der Waals surface area contributed by atoms with Gasteiger partial charge in [-0.1, -0.05) is 0 Å². The lowest BCUT2D eigenvalue weighted by Gasteiger charge is -2.15. The second kappa shape index (κ2) is 7.17. The number of hydrogen-bond acceptors (Lipinski definition) is 4. The molecule has 1 aromatic carbocycles. The van der Waals surface area contributed by atoms with E-state index in [-0.39, 0.29) is 4.90 Å². The summed E-state index contributed by atoms with van der Waals surface area (Å²) in [4.78, 5) is 8.33. The van der Waals surface area contributed by atoms with Crippen LogP contribution in [0.25, 0.3) is 11.0 Å². The number of hydrogen-bond donors (Lipinski definition) is 1. The van der Waals surface area contributed by atoms with Gasteiger partial charge in [0.15, 0.2) is 0 Å². The van der Waals surface area contributed by atoms with Gasteiger partial charge in [-0.15, -0.1) is 0 Å². The summed E-state index contributed by atoms with van der Waals surface area (Å²) in [6.45, 7) is 5.43. The highest BCUT2D eigenvalue weighted by atomic mass is 32.2. The Bertz CT molecular complexity index is 1110. The van der Waals surface area contributed by atoms with Crippen LogP contribution < -0.4 is 4.72 Å². The second-order valence-corrected chi connectivity index (χ2v) is 8.11. The summed E-state index contributed by atoms with van der Waals surface area (Å²) in [6.07, 6.45) is -3.22. The summed E-state index contributed by atoms with van der Waals surface area (Å²) in [6, 6.07) is 5.55. The number of halogens is 3. The average Bonchev–Trinajstić information content (AvgIpc) is 2.99. The zero-order valence-corrected chi connectivity index (χ0v) is 16.3. The maximum atomic E-state index is 13.0. The number of benzene rings is 1. The van der Waals surface area contributed by atoms with Crippen molar-refractivity contribution in [1.82, 2.24) is 19.3 Å². The molecule has 0 bridgehead atoms. The predicted molar refractivity (Wildman–Crippen MR) is 98.1 cm³/mol. The van der Waals surface area contributed by atoms with E-state index in [2.05, 4.69) is 14.7 Å². The van der Waals surface area contributed by atoms with E-state index < -0.39 is 27.8 Å². The number of sulfonamides is 1. The molecule has 0 saturated heterocycles. The zero-order chi connectivity index (χ0) is 20.7. The summed E-state index contributed by atoms with van der Waals surface area (Å²) < 4.78 is 68.4. The van der Waals surface area contributed by atoms with Crippen molar-refractivity contribution in [3.8, 4) is 0 Å². The highest BCUT2D eigenvalue weighted by Crippen LogP contribution is 2.32. The molecular formula is C18H19F3N4O2S. The van der Waals surface area contributed by atoms with Gasteiger partial charge in [0, 0.05) is 18.4 Å². The van der Waals surface area contributed by atoms with Gasteiger partial charge in [0.05, 0.1) is 22.6 Å². The molecular weight excluding hydrogens is 393 g/mol. The molecule has 0 saturated carbocycles. The standard InChI is InChI=1S/C18H19F3N4O2S/c1-4-25-16-9-13(18(19,20)21)6-8-15(16)23-17(25)12(3)24-28(26,27)14-7-5-11(2)22-10-14/h5-10,12,24H,4H2,1-3H3. The lowest BCUT2D eigenvalue weighted by molar-refractivity contribution is -0.137. The SMILES string of the molecule is CCn1c(C(C)NS(=O)(=O)c2ccc(C)nc2)nc2ccc(C(F)(F)F)cc21. The smallest absolute Gasteiger partial charge is 0.327 e. The number of aromatic nitrogens is 3. The third-order valence-electron chi connectivity index (χ3n) is 4.34. The van der Waals surface area contributed by atoms with Gasteiger partial charge in [-0.3, -0.25) is 4.98 Å². The van der Waals surface area contributed by atoms with Crippen molar-refractivity contribution in [2.24, 2.45) is 0 Å². The molecule has 2 heterocycles. The Kier molecular flexibility index (Phi) is 5.20. The van der Waals surface area contributed by atoms with Gasteiger partial charge in [-0.05, 0) is 51.1 Å². The van der Waals surface area contributed by atoms with Crippen molar-refractivity contribution in [2.45, 2.75) is 44.4 Å². The van der Waals surface area contributed by atoms with Crippen LogP contribution in [0.1, 0.15) is 37.0 Å². The average molecular weight is 412 g/mol. The van der Waals surface area contributed by atoms with Crippen molar-refractivity contribution in [3.05, 3.63) is 53.6 Å². The van der Waals surface area contributed by atoms with Crippen LogP contribution in [0.15, 0.2) is 41.4 Å². The molecule has 0 aliphatic rings. The fourth-order valence-electron chi connectivity index (χ4n) is 2.95. The molecule has 1 atom stereocenters. The van der Waals surface area contributed by atoms with Crippen LogP contribution in [0.5, 0.6) is 0 Å². The topological polar surface area (TPSA) is 76.9 Å². The molecule has 0 amide bonds. The molecule has 6 nitrogen and oxygen atoms in total. The number of nitrogens with one attached hydrogen (secondary N) is 1. The first-order chi connectivity index (χ1) is 13.0. The van der Waals surface area contributed by atoms with Crippen LogP contribution in [0.4, 0.5) is 13.2 Å². The Hall–Kier alpha value is -2.46. The van der Waals surface area contributed by atoms with Crippen LogP contribution in [0.3, 0.4) is 0 Å². The quantitative estimate of drug-likeness (QED) is 0.691. The molecule has 150 valence electrons. The third-order valence-corrected chi connectivity index (χ3v) is 5.86. The van der Waals surface area contributed by atoms with Crippen molar-refractivity contribution < 1.29 is 21.6 Å². The molecule has 28 heavy (non-hydrogen) atoms. The maximum Gasteiger partial charge on any atom is 0.416 e. The fourth-order valence-corrected chi connectivity index (χ4v) is 4.09. The summed E-state index contributed by atoms with van der Waals surface area (Å²) in [5.74, 6) is 0.334. The zero-order valence-electron chi connectivity index (χ0n) is 15.4. The van der Waals surface area contributed by atoms with E-state index in [0.29, 0.717) is 29.1 Å². The van der Waals surface area contributed by atoms with E-state index in [1.54, 1.807) is 31.4 Å². The van der Waals surface area contributed by atoms with Crippen LogP contribution in [0, 0.1) is 6.92 Å². The maximum absolute atomic E-state index is 13.0. The Labute approximate surface area is 160 Å². The van der Waals surface area contributed by atoms with Crippen LogP contribution in [0.2, 0.25) is 0 Å². The van der Waals surface area contributed by atoms with Gasteiger partial charge in [-0.25, -0.2) is 18.1 Å². The molecule has 0 fully saturated rings. The van der Waals surface area contributed by atoms with Gasteiger partial charge in [-0.2, -0.15) is 13.2 Å². The highest BCUT2D eigenvalue weighted by molar-refractivity contribution is 7.89. The minimum Gasteiger partial charge on any atom is -0.327 e. The molecule has 0 aliphatic carbocycles. The van der Waals surface area contributed by atoms with E-state index in [4.69, 9.17) is 0 Å². The van der Waals surface area contributed by atoms with E-state index in [1.807, 2.05) is 0 Å². The van der Waals surface area contributed by atoms with Crippen LogP contribution in [-0.4, -0.2) is 23.0 Å². The molecule has 1 unspecified atom stereocenters. The van der Waals surface area contributed by atoms with E-state index in [9.17, 15) is 21.6 Å². The van der Waals surface area contributed by atoms with E-state index in [0.717, 1.165) is 12.1 Å². The van der Waals surface area contributed by atoms with Crippen molar-refractivity contribution in [2.75, 3.05) is 0 Å². The van der Waals surface area contributed by atoms with Crippen molar-refractivity contribution >= 4 is 21.1 Å². The summed E-state index contributed by atoms with van der Waals surface area (Å²) in [7, 11) is -3.86. The third kappa shape index (κ3) is 3.88. The van der Waals surface area contributed by atoms with Gasteiger partial charge in [0.2, 0.25) is 10.0 Å². The molecule has 2 aromatic heterocycles. The van der Waals surface area contributed by atoms with Gasteiger partial charge >= 0.3 is 6.18 Å². The second-order valence-electron chi connectivity index (χ2n) is 6.39. The van der Waals surface area contributed by atoms with Gasteiger partial charge in [0.25, 0.3) is 0 Å². The van der Waals surface area contributed by atoms with Crippen molar-refractivity contribution in [3.63, 3.8) is 0 Å². The summed E-state index contributed by atoms with van der Waals surface area (Å²) in [5.41, 5.74) is 0.573. The summed E-state index contributed by atoms with van der Waals surface area (Å²) >= 11 is 0. The molecule has 0 aliphatic heterocycles. The molecule has 0 radical (unpaired) electrons. The first-order valence-electron chi connectivity index (χ1n) is 8.55. The van der Waals surface area contributed by atoms with Gasteiger partial charge in [0.1, 0.15) is 10.7 Å². The first kappa shape index (κ1) is 20.3. The molecule has 10 heteroatoms. The number of imidazole rings is 1. The minimum absolute atomic E-state index is 0.00321. The molecule has 3 aromatic rings. The van der Waals surface area contributed by atoms with E-state index >= 15 is 0 Å². The molecule has 0 spiro atoms.